The van der Waals surface area contributed by atoms with Crippen LogP contribution in [0.5, 0.6) is 0 Å². The molecule has 2 heterocycles. The van der Waals surface area contributed by atoms with Crippen molar-refractivity contribution in [1.82, 2.24) is 0 Å². The Kier molecular flexibility index (Phi) is 6.28. The van der Waals surface area contributed by atoms with Gasteiger partial charge < -0.3 is 19.1 Å². The molecule has 8 nitrogen and oxygen atoms in total. The number of nitrogens with zero attached hydrogens (tertiary/aromatic N) is 2. The number of carbonyl (C=O) groups excluding carboxylic acids is 3. The Hall–Kier alpha value is -3.88. The number of hydrazone groups is 1. The minimum atomic E-state index is -1.46. The lowest BCUT2D eigenvalue weighted by Gasteiger charge is -2.14. The van der Waals surface area contributed by atoms with E-state index in [4.69, 9.17) is 32.4 Å². The van der Waals surface area contributed by atoms with Crippen molar-refractivity contribution in [2.75, 3.05) is 12.1 Å². The van der Waals surface area contributed by atoms with Crippen LogP contribution in [-0.2, 0) is 9.53 Å². The Morgan fingerprint density at radius 3 is 2.47 bits per heavy atom. The van der Waals surface area contributed by atoms with Crippen molar-refractivity contribution in [3.05, 3.63) is 81.0 Å². The molecule has 0 unspecified atom stereocenters. The predicted octanol–water partition coefficient (Wildman–Crippen LogP) is 4.21. The van der Waals surface area contributed by atoms with Crippen molar-refractivity contribution in [2.45, 2.75) is 6.92 Å². The topological polar surface area (TPSA) is 112 Å². The third-order valence-electron chi connectivity index (χ3n) is 5.05. The van der Waals surface area contributed by atoms with Gasteiger partial charge in [0.15, 0.2) is 0 Å². The van der Waals surface area contributed by atoms with Gasteiger partial charge in [-0.3, -0.25) is 4.79 Å². The largest absolute Gasteiger partial charge is 0.545 e. The van der Waals surface area contributed by atoms with Crippen molar-refractivity contribution < 1.29 is 28.6 Å². The Bertz CT molecular complexity index is 1410. The molecule has 172 valence electrons. The summed E-state index contributed by atoms with van der Waals surface area (Å²) in [6.07, 6.45) is 1.53. The van der Waals surface area contributed by atoms with Gasteiger partial charge in [-0.15, -0.1) is 0 Å². The number of benzene rings is 2. The molecule has 3 aromatic rings. The summed E-state index contributed by atoms with van der Waals surface area (Å²) >= 11 is 11.9. The molecule has 0 radical (unpaired) electrons. The number of furan rings is 1. The Balaban J connectivity index is 1.63. The first-order valence-electron chi connectivity index (χ1n) is 9.80. The quantitative estimate of drug-likeness (QED) is 0.385. The van der Waals surface area contributed by atoms with Gasteiger partial charge in [-0.25, -0.2) is 4.79 Å². The van der Waals surface area contributed by atoms with Gasteiger partial charge in [-0.1, -0.05) is 23.2 Å². The molecule has 0 bridgehead atoms. The van der Waals surface area contributed by atoms with Gasteiger partial charge in [0, 0.05) is 16.1 Å². The number of carbonyl (C=O) groups is 3. The smallest absolute Gasteiger partial charge is 0.339 e. The van der Waals surface area contributed by atoms with Crippen molar-refractivity contribution in [1.29, 1.82) is 0 Å². The van der Waals surface area contributed by atoms with E-state index in [1.165, 1.54) is 31.4 Å². The highest BCUT2D eigenvalue weighted by Crippen LogP contribution is 2.31. The van der Waals surface area contributed by atoms with Gasteiger partial charge in [0.05, 0.1) is 40.6 Å². The zero-order valence-electron chi connectivity index (χ0n) is 17.8. The van der Waals surface area contributed by atoms with Crippen LogP contribution in [0.25, 0.3) is 17.4 Å². The number of hydrogen-bond donors (Lipinski definition) is 0. The van der Waals surface area contributed by atoms with Crippen molar-refractivity contribution in [3.63, 3.8) is 0 Å². The number of carboxylic acid groups (broad SMARTS) is 1. The summed E-state index contributed by atoms with van der Waals surface area (Å²) in [6.45, 7) is 1.64. The molecule has 1 aliphatic rings. The van der Waals surface area contributed by atoms with Gasteiger partial charge in [0.2, 0.25) is 0 Å². The van der Waals surface area contributed by atoms with E-state index in [2.05, 4.69) is 5.10 Å². The summed E-state index contributed by atoms with van der Waals surface area (Å²) in [7, 11) is 1.26. The maximum atomic E-state index is 13.0. The van der Waals surface area contributed by atoms with Crippen molar-refractivity contribution in [3.8, 4) is 11.3 Å². The second kappa shape index (κ2) is 9.17. The second-order valence-electron chi connectivity index (χ2n) is 7.20. The number of rotatable bonds is 5. The number of aromatic carboxylic acids is 1. The molecule has 0 aliphatic carbocycles. The highest BCUT2D eigenvalue weighted by molar-refractivity contribution is 6.34. The van der Waals surface area contributed by atoms with Crippen LogP contribution in [-0.4, -0.2) is 30.7 Å². The normalized spacial score (nSPS) is 14.5. The van der Waals surface area contributed by atoms with Gasteiger partial charge in [-0.2, -0.15) is 10.1 Å². The monoisotopic (exact) mass is 497 g/mol. The molecule has 1 aromatic heterocycles. The van der Waals surface area contributed by atoms with E-state index in [1.807, 2.05) is 0 Å². The zero-order chi connectivity index (χ0) is 24.6. The fourth-order valence-electron chi connectivity index (χ4n) is 3.33. The number of esters is 1. The molecule has 0 N–H and O–H groups in total. The van der Waals surface area contributed by atoms with E-state index in [-0.39, 0.29) is 32.4 Å². The van der Waals surface area contributed by atoms with Crippen LogP contribution in [0.1, 0.15) is 33.4 Å². The summed E-state index contributed by atoms with van der Waals surface area (Å²) in [4.78, 5) is 36.2. The Morgan fingerprint density at radius 2 is 1.76 bits per heavy atom. The van der Waals surface area contributed by atoms with Crippen LogP contribution in [0.3, 0.4) is 0 Å². The van der Waals surface area contributed by atoms with Crippen LogP contribution in [0.4, 0.5) is 5.69 Å². The molecular formula is C24H15Cl2N2O6-. The summed E-state index contributed by atoms with van der Waals surface area (Å²) in [5.74, 6) is -1.69. The number of hydrogen-bond acceptors (Lipinski definition) is 7. The molecule has 0 fully saturated rings. The van der Waals surface area contributed by atoms with Crippen LogP contribution >= 0.6 is 23.2 Å². The summed E-state index contributed by atoms with van der Waals surface area (Å²) in [5, 5.41) is 16.8. The van der Waals surface area contributed by atoms with Gasteiger partial charge >= 0.3 is 5.97 Å². The molecule has 1 amide bonds. The van der Waals surface area contributed by atoms with Gasteiger partial charge in [0.1, 0.15) is 11.5 Å². The number of halogens is 2. The molecule has 0 saturated carbocycles. The SMILES string of the molecule is COC(=O)c1cc(-c2ccc(C=C3C(=O)N(c4ccc(Cl)c(C(=O)[O-])c4)N=C3C)o2)ccc1Cl. The van der Waals surface area contributed by atoms with Crippen molar-refractivity contribution in [2.24, 2.45) is 5.10 Å². The number of carboxylic acids is 1. The summed E-state index contributed by atoms with van der Waals surface area (Å²) in [6, 6.07) is 12.2. The molecule has 0 spiro atoms. The van der Waals surface area contributed by atoms with E-state index >= 15 is 0 Å². The highest BCUT2D eigenvalue weighted by Gasteiger charge is 2.29. The third kappa shape index (κ3) is 4.33. The fourth-order valence-corrected chi connectivity index (χ4v) is 3.72. The Morgan fingerprint density at radius 1 is 1.06 bits per heavy atom. The summed E-state index contributed by atoms with van der Waals surface area (Å²) < 4.78 is 10.6. The maximum absolute atomic E-state index is 13.0. The first-order valence-corrected chi connectivity index (χ1v) is 10.6. The highest BCUT2D eigenvalue weighted by atomic mass is 35.5. The number of anilines is 1. The number of amides is 1. The molecule has 0 saturated heterocycles. The molecule has 0 atom stereocenters. The van der Waals surface area contributed by atoms with E-state index in [0.29, 0.717) is 22.8 Å². The fraction of sp³-hybridized carbons (Fsp3) is 0.0833. The first-order chi connectivity index (χ1) is 16.2. The van der Waals surface area contributed by atoms with Crippen molar-refractivity contribution >= 4 is 58.5 Å². The number of ether oxygens (including phenoxy) is 1. The average molecular weight is 498 g/mol. The molecule has 10 heteroatoms. The molecule has 2 aromatic carbocycles. The lowest BCUT2D eigenvalue weighted by Crippen LogP contribution is -2.25. The lowest BCUT2D eigenvalue weighted by molar-refractivity contribution is -0.255. The lowest BCUT2D eigenvalue weighted by atomic mass is 10.1. The second-order valence-corrected chi connectivity index (χ2v) is 8.01. The number of methoxy groups -OCH3 is 1. The average Bonchev–Trinajstić information content (AvgIpc) is 3.39. The van der Waals surface area contributed by atoms with E-state index < -0.39 is 17.8 Å². The Labute approximate surface area is 203 Å². The third-order valence-corrected chi connectivity index (χ3v) is 5.71. The minimum absolute atomic E-state index is 0.00691. The predicted molar refractivity (Wildman–Crippen MR) is 125 cm³/mol. The van der Waals surface area contributed by atoms with Crippen LogP contribution < -0.4 is 10.1 Å². The summed E-state index contributed by atoms with van der Waals surface area (Å²) in [5.41, 5.74) is 1.44. The zero-order valence-corrected chi connectivity index (χ0v) is 19.3. The molecule has 1 aliphatic heterocycles. The van der Waals surface area contributed by atoms with E-state index in [9.17, 15) is 19.5 Å². The van der Waals surface area contributed by atoms with Crippen LogP contribution in [0, 0.1) is 0 Å². The minimum Gasteiger partial charge on any atom is -0.545 e. The van der Waals surface area contributed by atoms with E-state index in [1.54, 1.807) is 37.3 Å². The molecule has 34 heavy (non-hydrogen) atoms. The maximum Gasteiger partial charge on any atom is 0.339 e. The van der Waals surface area contributed by atoms with Crippen LogP contribution in [0.2, 0.25) is 10.0 Å². The van der Waals surface area contributed by atoms with Crippen LogP contribution in [0.15, 0.2) is 63.6 Å². The van der Waals surface area contributed by atoms with Gasteiger partial charge in [-0.05, 0) is 61.5 Å². The van der Waals surface area contributed by atoms with E-state index in [0.717, 1.165) is 5.01 Å². The standard InChI is InChI=1S/C24H16Cl2N2O6/c1-12-16(22(29)28(27-12)14-4-7-19(25)17(10-14)23(30)31)11-15-5-8-21(34-15)13-3-6-20(26)18(9-13)24(32)33-2/h3-11H,1-2H3,(H,30,31)/p-1. The molecule has 4 rings (SSSR count). The first kappa shape index (κ1) is 23.3. The van der Waals surface area contributed by atoms with Gasteiger partial charge in [0.25, 0.3) is 5.91 Å². The molecular weight excluding hydrogens is 483 g/mol.